The number of benzene rings is 4. The Morgan fingerprint density at radius 2 is 1.38 bits per heavy atom. The number of para-hydroxylation sites is 2. The van der Waals surface area contributed by atoms with Crippen molar-refractivity contribution in [2.24, 2.45) is 0 Å². The second-order valence-corrected chi connectivity index (χ2v) is 8.43. The first-order valence-corrected chi connectivity index (χ1v) is 11.1. The van der Waals surface area contributed by atoms with Gasteiger partial charge in [0.2, 0.25) is 0 Å². The summed E-state index contributed by atoms with van der Waals surface area (Å²) in [6.07, 6.45) is 2.16. The first-order valence-electron chi connectivity index (χ1n) is 11.1. The molecular formula is C30H24N2. The highest BCUT2D eigenvalue weighted by molar-refractivity contribution is 6.09. The van der Waals surface area contributed by atoms with Crippen LogP contribution < -0.4 is 0 Å². The molecule has 0 amide bonds. The molecular weight excluding hydrogens is 388 g/mol. The van der Waals surface area contributed by atoms with Gasteiger partial charge in [-0.05, 0) is 30.2 Å². The van der Waals surface area contributed by atoms with Crippen LogP contribution in [0.5, 0.6) is 0 Å². The third-order valence-corrected chi connectivity index (χ3v) is 6.34. The molecule has 4 aromatic carbocycles. The van der Waals surface area contributed by atoms with Crippen LogP contribution in [0.1, 0.15) is 11.1 Å². The van der Waals surface area contributed by atoms with Gasteiger partial charge in [-0.2, -0.15) is 0 Å². The summed E-state index contributed by atoms with van der Waals surface area (Å²) in [6.45, 7) is 2.96. The Kier molecular flexibility index (Phi) is 4.43. The van der Waals surface area contributed by atoms with Gasteiger partial charge in [-0.3, -0.25) is 0 Å². The van der Waals surface area contributed by atoms with Crippen molar-refractivity contribution >= 4 is 21.8 Å². The molecule has 0 aliphatic rings. The molecule has 0 bridgehead atoms. The molecule has 0 atom stereocenters. The van der Waals surface area contributed by atoms with Crippen molar-refractivity contribution in [1.29, 1.82) is 0 Å². The van der Waals surface area contributed by atoms with Gasteiger partial charge in [0.05, 0.1) is 5.69 Å². The molecule has 0 radical (unpaired) electrons. The smallest absolute Gasteiger partial charge is 0.0595 e. The zero-order valence-electron chi connectivity index (χ0n) is 18.0. The van der Waals surface area contributed by atoms with Crippen molar-refractivity contribution in [3.8, 4) is 22.4 Å². The molecule has 0 saturated carbocycles. The number of fused-ring (bicyclic) bond motifs is 2. The molecule has 2 heterocycles. The van der Waals surface area contributed by atoms with Crippen molar-refractivity contribution in [3.63, 3.8) is 0 Å². The SMILES string of the molecule is Cc1ccc(-c2c(-c3c[nH]c4ccccc34)n(Cc3ccccc3)c3ccccc23)cc1. The van der Waals surface area contributed by atoms with Crippen molar-refractivity contribution in [2.75, 3.05) is 0 Å². The van der Waals surface area contributed by atoms with Crippen LogP contribution in [0.3, 0.4) is 0 Å². The Labute approximate surface area is 187 Å². The number of aryl methyl sites for hydroxylation is 1. The van der Waals surface area contributed by atoms with Crippen molar-refractivity contribution in [3.05, 3.63) is 120 Å². The quantitative estimate of drug-likeness (QED) is 0.305. The minimum atomic E-state index is 0.821. The maximum absolute atomic E-state index is 3.50. The third-order valence-electron chi connectivity index (χ3n) is 6.34. The lowest BCUT2D eigenvalue weighted by molar-refractivity contribution is 0.846. The van der Waals surface area contributed by atoms with Crippen LogP contribution in [0.25, 0.3) is 44.2 Å². The molecule has 0 fully saturated rings. The van der Waals surface area contributed by atoms with E-state index in [9.17, 15) is 0 Å². The van der Waals surface area contributed by atoms with Crippen LogP contribution in [0, 0.1) is 6.92 Å². The molecule has 0 aliphatic heterocycles. The van der Waals surface area contributed by atoms with E-state index in [-0.39, 0.29) is 0 Å². The van der Waals surface area contributed by atoms with E-state index in [2.05, 4.69) is 126 Å². The summed E-state index contributed by atoms with van der Waals surface area (Å²) in [5.74, 6) is 0. The lowest BCUT2D eigenvalue weighted by Crippen LogP contribution is -2.02. The second-order valence-electron chi connectivity index (χ2n) is 8.43. The summed E-state index contributed by atoms with van der Waals surface area (Å²) in [5.41, 5.74) is 10.0. The minimum absolute atomic E-state index is 0.821. The maximum atomic E-state index is 3.50. The number of aromatic nitrogens is 2. The molecule has 2 aromatic heterocycles. The van der Waals surface area contributed by atoms with E-state index < -0.39 is 0 Å². The lowest BCUT2D eigenvalue weighted by Gasteiger charge is -2.13. The van der Waals surface area contributed by atoms with Gasteiger partial charge >= 0.3 is 0 Å². The molecule has 1 N–H and O–H groups in total. The van der Waals surface area contributed by atoms with E-state index in [4.69, 9.17) is 0 Å². The Hall–Kier alpha value is -4.04. The third kappa shape index (κ3) is 3.04. The number of hydrogen-bond donors (Lipinski definition) is 1. The molecule has 2 nitrogen and oxygen atoms in total. The highest BCUT2D eigenvalue weighted by atomic mass is 15.0. The zero-order chi connectivity index (χ0) is 21.5. The summed E-state index contributed by atoms with van der Waals surface area (Å²) in [6, 6.07) is 37.0. The van der Waals surface area contributed by atoms with Gasteiger partial charge in [0.1, 0.15) is 0 Å². The number of aromatic amines is 1. The van der Waals surface area contributed by atoms with E-state index in [1.54, 1.807) is 0 Å². The Balaban J connectivity index is 1.72. The van der Waals surface area contributed by atoms with Crippen LogP contribution in [-0.4, -0.2) is 9.55 Å². The Bertz CT molecular complexity index is 1530. The van der Waals surface area contributed by atoms with Crippen LogP contribution >= 0.6 is 0 Å². The molecule has 2 heteroatoms. The predicted octanol–water partition coefficient (Wildman–Crippen LogP) is 7.81. The van der Waals surface area contributed by atoms with Crippen molar-refractivity contribution in [2.45, 2.75) is 13.5 Å². The van der Waals surface area contributed by atoms with Crippen LogP contribution in [0.15, 0.2) is 109 Å². The van der Waals surface area contributed by atoms with Gasteiger partial charge in [0.25, 0.3) is 0 Å². The lowest BCUT2D eigenvalue weighted by atomic mass is 9.97. The molecule has 0 spiro atoms. The van der Waals surface area contributed by atoms with E-state index in [1.165, 1.54) is 49.8 Å². The summed E-state index contributed by atoms with van der Waals surface area (Å²) < 4.78 is 2.48. The van der Waals surface area contributed by atoms with Crippen molar-refractivity contribution in [1.82, 2.24) is 9.55 Å². The molecule has 154 valence electrons. The summed E-state index contributed by atoms with van der Waals surface area (Å²) in [4.78, 5) is 3.50. The fraction of sp³-hybridized carbons (Fsp3) is 0.0667. The fourth-order valence-corrected chi connectivity index (χ4v) is 4.79. The van der Waals surface area contributed by atoms with Crippen LogP contribution in [-0.2, 0) is 6.54 Å². The second kappa shape index (κ2) is 7.58. The number of nitrogens with one attached hydrogen (secondary N) is 1. The topological polar surface area (TPSA) is 20.7 Å². The van der Waals surface area contributed by atoms with Gasteiger partial charge in [0, 0.05) is 45.7 Å². The fourth-order valence-electron chi connectivity index (χ4n) is 4.79. The van der Waals surface area contributed by atoms with Gasteiger partial charge < -0.3 is 9.55 Å². The van der Waals surface area contributed by atoms with Gasteiger partial charge in [-0.15, -0.1) is 0 Å². The molecule has 0 saturated heterocycles. The average Bonchev–Trinajstić information content (AvgIpc) is 3.40. The van der Waals surface area contributed by atoms with Gasteiger partial charge in [0.15, 0.2) is 0 Å². The highest BCUT2D eigenvalue weighted by Gasteiger charge is 2.22. The molecule has 0 aliphatic carbocycles. The monoisotopic (exact) mass is 412 g/mol. The molecule has 6 aromatic rings. The number of nitrogens with zero attached hydrogens (tertiary/aromatic N) is 1. The number of H-pyrrole nitrogens is 1. The predicted molar refractivity (Wildman–Crippen MR) is 135 cm³/mol. The highest BCUT2D eigenvalue weighted by Crippen LogP contribution is 2.43. The standard InChI is InChI=1S/C30H24N2/c1-21-15-17-23(18-16-21)29-25-12-6-8-14-28(25)32(20-22-9-3-2-4-10-22)30(29)26-19-31-27-13-7-5-11-24(26)27/h2-19,31H,20H2,1H3. The normalized spacial score (nSPS) is 11.4. The first kappa shape index (κ1) is 18.7. The summed E-state index contributed by atoms with van der Waals surface area (Å²) in [7, 11) is 0. The summed E-state index contributed by atoms with van der Waals surface area (Å²) >= 11 is 0. The number of hydrogen-bond acceptors (Lipinski definition) is 0. The van der Waals surface area contributed by atoms with Gasteiger partial charge in [-0.25, -0.2) is 0 Å². The van der Waals surface area contributed by atoms with E-state index in [1.807, 2.05) is 0 Å². The molecule has 32 heavy (non-hydrogen) atoms. The first-order chi connectivity index (χ1) is 15.8. The van der Waals surface area contributed by atoms with E-state index >= 15 is 0 Å². The van der Waals surface area contributed by atoms with Crippen molar-refractivity contribution < 1.29 is 0 Å². The van der Waals surface area contributed by atoms with Crippen LogP contribution in [0.2, 0.25) is 0 Å². The number of rotatable bonds is 4. The minimum Gasteiger partial charge on any atom is -0.360 e. The van der Waals surface area contributed by atoms with Crippen LogP contribution in [0.4, 0.5) is 0 Å². The molecule has 0 unspecified atom stereocenters. The Morgan fingerprint density at radius 3 is 2.19 bits per heavy atom. The average molecular weight is 413 g/mol. The van der Waals surface area contributed by atoms with Gasteiger partial charge in [-0.1, -0.05) is 96.6 Å². The Morgan fingerprint density at radius 1 is 0.688 bits per heavy atom. The van der Waals surface area contributed by atoms with E-state index in [0.717, 1.165) is 12.1 Å². The van der Waals surface area contributed by atoms with E-state index in [0.29, 0.717) is 0 Å². The zero-order valence-corrected chi connectivity index (χ0v) is 18.0. The largest absolute Gasteiger partial charge is 0.360 e. The molecule has 6 rings (SSSR count). The maximum Gasteiger partial charge on any atom is 0.0595 e. The summed E-state index contributed by atoms with van der Waals surface area (Å²) in [5, 5.41) is 2.53.